The second-order valence-electron chi connectivity index (χ2n) is 3.97. The Kier molecular flexibility index (Phi) is 3.48. The van der Waals surface area contributed by atoms with E-state index in [1.807, 2.05) is 40.4 Å². The average molecular weight is 289 g/mol. The summed E-state index contributed by atoms with van der Waals surface area (Å²) >= 11 is 3.14. The van der Waals surface area contributed by atoms with E-state index in [1.54, 1.807) is 17.6 Å². The SMILES string of the molecule is O=C(NCc1cc(-c2ccco2)cs1)c1ccsc1. The molecule has 0 fully saturated rings. The summed E-state index contributed by atoms with van der Waals surface area (Å²) in [5.74, 6) is 0.820. The summed E-state index contributed by atoms with van der Waals surface area (Å²) in [5, 5.41) is 8.68. The molecule has 0 atom stereocenters. The van der Waals surface area contributed by atoms with Gasteiger partial charge in [-0.25, -0.2) is 0 Å². The van der Waals surface area contributed by atoms with E-state index >= 15 is 0 Å². The molecule has 96 valence electrons. The summed E-state index contributed by atoms with van der Waals surface area (Å²) in [5.41, 5.74) is 1.77. The molecule has 0 unspecified atom stereocenters. The van der Waals surface area contributed by atoms with Gasteiger partial charge < -0.3 is 9.73 Å². The number of carbonyl (C=O) groups excluding carboxylic acids is 1. The number of amides is 1. The first kappa shape index (κ1) is 12.2. The number of hydrogen-bond donors (Lipinski definition) is 1. The van der Waals surface area contributed by atoms with Crippen LogP contribution in [-0.4, -0.2) is 5.91 Å². The molecule has 3 nitrogen and oxygen atoms in total. The molecular weight excluding hydrogens is 278 g/mol. The second kappa shape index (κ2) is 5.42. The number of hydrogen-bond acceptors (Lipinski definition) is 4. The third kappa shape index (κ3) is 2.77. The van der Waals surface area contributed by atoms with E-state index in [0.29, 0.717) is 12.1 Å². The first-order valence-electron chi connectivity index (χ1n) is 5.74. The molecule has 0 aliphatic heterocycles. The van der Waals surface area contributed by atoms with Crippen LogP contribution in [0.2, 0.25) is 0 Å². The van der Waals surface area contributed by atoms with Gasteiger partial charge >= 0.3 is 0 Å². The van der Waals surface area contributed by atoms with Crippen molar-refractivity contribution in [2.24, 2.45) is 0 Å². The minimum absolute atomic E-state index is 0.0331. The number of rotatable bonds is 4. The van der Waals surface area contributed by atoms with Gasteiger partial charge in [-0.05, 0) is 29.6 Å². The molecule has 1 N–H and O–H groups in total. The summed E-state index contributed by atoms with van der Waals surface area (Å²) in [6.07, 6.45) is 1.66. The molecule has 0 radical (unpaired) electrons. The Bertz CT molecular complexity index is 654. The molecule has 0 saturated carbocycles. The number of furan rings is 1. The normalized spacial score (nSPS) is 10.5. The third-order valence-electron chi connectivity index (χ3n) is 2.67. The van der Waals surface area contributed by atoms with Crippen LogP contribution in [0.25, 0.3) is 11.3 Å². The van der Waals surface area contributed by atoms with Crippen molar-refractivity contribution in [3.05, 3.63) is 57.1 Å². The summed E-state index contributed by atoms with van der Waals surface area (Å²) in [6, 6.07) is 7.65. The third-order valence-corrected chi connectivity index (χ3v) is 4.29. The van der Waals surface area contributed by atoms with Crippen molar-refractivity contribution in [1.82, 2.24) is 5.32 Å². The van der Waals surface area contributed by atoms with Crippen molar-refractivity contribution < 1.29 is 9.21 Å². The predicted molar refractivity (Wildman–Crippen MR) is 77.5 cm³/mol. The number of carbonyl (C=O) groups is 1. The molecule has 0 bridgehead atoms. The fourth-order valence-electron chi connectivity index (χ4n) is 1.71. The molecule has 19 heavy (non-hydrogen) atoms. The van der Waals surface area contributed by atoms with Gasteiger partial charge in [-0.1, -0.05) is 0 Å². The summed E-state index contributed by atoms with van der Waals surface area (Å²) < 4.78 is 5.34. The Labute approximate surface area is 118 Å². The Morgan fingerprint density at radius 3 is 3.00 bits per heavy atom. The van der Waals surface area contributed by atoms with Gasteiger partial charge in [0.25, 0.3) is 5.91 Å². The van der Waals surface area contributed by atoms with Gasteiger partial charge in [0.15, 0.2) is 0 Å². The maximum Gasteiger partial charge on any atom is 0.252 e. The van der Waals surface area contributed by atoms with Crippen molar-refractivity contribution >= 4 is 28.6 Å². The summed E-state index contributed by atoms with van der Waals surface area (Å²) in [4.78, 5) is 12.9. The zero-order valence-corrected chi connectivity index (χ0v) is 11.6. The van der Waals surface area contributed by atoms with Crippen LogP contribution >= 0.6 is 22.7 Å². The number of nitrogens with one attached hydrogen (secondary N) is 1. The minimum Gasteiger partial charge on any atom is -0.464 e. The first-order valence-corrected chi connectivity index (χ1v) is 7.57. The summed E-state index contributed by atoms with van der Waals surface area (Å²) in [7, 11) is 0. The lowest BCUT2D eigenvalue weighted by molar-refractivity contribution is 0.0952. The highest BCUT2D eigenvalue weighted by atomic mass is 32.1. The van der Waals surface area contributed by atoms with Crippen molar-refractivity contribution in [3.8, 4) is 11.3 Å². The van der Waals surface area contributed by atoms with Crippen molar-refractivity contribution in [3.63, 3.8) is 0 Å². The van der Waals surface area contributed by atoms with E-state index in [2.05, 4.69) is 5.32 Å². The van der Waals surface area contributed by atoms with Gasteiger partial charge in [-0.3, -0.25) is 4.79 Å². The molecular formula is C14H11NO2S2. The smallest absolute Gasteiger partial charge is 0.252 e. The molecule has 3 rings (SSSR count). The van der Waals surface area contributed by atoms with E-state index in [-0.39, 0.29) is 5.91 Å². The maximum absolute atomic E-state index is 11.8. The molecule has 0 spiro atoms. The molecule has 5 heteroatoms. The zero-order valence-electron chi connectivity index (χ0n) is 9.96. The minimum atomic E-state index is -0.0331. The Hall–Kier alpha value is -1.85. The largest absolute Gasteiger partial charge is 0.464 e. The fourth-order valence-corrected chi connectivity index (χ4v) is 3.16. The van der Waals surface area contributed by atoms with Crippen molar-refractivity contribution in [2.45, 2.75) is 6.54 Å². The lowest BCUT2D eigenvalue weighted by atomic mass is 10.2. The Morgan fingerprint density at radius 1 is 1.32 bits per heavy atom. The molecule has 0 aliphatic rings. The standard InChI is InChI=1S/C14H11NO2S2/c16-14(10-3-5-18-8-10)15-7-12-6-11(9-19-12)13-2-1-4-17-13/h1-6,8-9H,7H2,(H,15,16). The molecule has 3 heterocycles. The molecule has 3 aromatic rings. The van der Waals surface area contributed by atoms with Crippen LogP contribution in [0, 0.1) is 0 Å². The van der Waals surface area contributed by atoms with Crippen molar-refractivity contribution in [1.29, 1.82) is 0 Å². The highest BCUT2D eigenvalue weighted by molar-refractivity contribution is 7.10. The lowest BCUT2D eigenvalue weighted by Gasteiger charge is -2.00. The molecule has 0 saturated heterocycles. The summed E-state index contributed by atoms with van der Waals surface area (Å²) in [6.45, 7) is 0.542. The van der Waals surface area contributed by atoms with Gasteiger partial charge in [0.05, 0.1) is 12.8 Å². The lowest BCUT2D eigenvalue weighted by Crippen LogP contribution is -2.21. The van der Waals surface area contributed by atoms with E-state index in [1.165, 1.54) is 11.3 Å². The highest BCUT2D eigenvalue weighted by Crippen LogP contribution is 2.25. The van der Waals surface area contributed by atoms with Gasteiger partial charge in [-0.15, -0.1) is 11.3 Å². The molecule has 3 aromatic heterocycles. The van der Waals surface area contributed by atoms with Crippen LogP contribution in [0.3, 0.4) is 0 Å². The van der Waals surface area contributed by atoms with Gasteiger partial charge in [-0.2, -0.15) is 11.3 Å². The van der Waals surface area contributed by atoms with Crippen LogP contribution in [0.5, 0.6) is 0 Å². The quantitative estimate of drug-likeness (QED) is 0.789. The zero-order chi connectivity index (χ0) is 13.1. The van der Waals surface area contributed by atoms with Gasteiger partial charge in [0.2, 0.25) is 0 Å². The van der Waals surface area contributed by atoms with E-state index in [4.69, 9.17) is 4.42 Å². The molecule has 1 amide bonds. The topological polar surface area (TPSA) is 42.2 Å². The second-order valence-corrected chi connectivity index (χ2v) is 5.75. The predicted octanol–water partition coefficient (Wildman–Crippen LogP) is 4.00. The van der Waals surface area contributed by atoms with Crippen LogP contribution in [0.1, 0.15) is 15.2 Å². The molecule has 0 aliphatic carbocycles. The van der Waals surface area contributed by atoms with Crippen molar-refractivity contribution in [2.75, 3.05) is 0 Å². The Balaban J connectivity index is 1.63. The highest BCUT2D eigenvalue weighted by Gasteiger charge is 2.08. The average Bonchev–Trinajstić information content (AvgIpc) is 3.14. The van der Waals surface area contributed by atoms with E-state index in [0.717, 1.165) is 16.2 Å². The van der Waals surface area contributed by atoms with E-state index < -0.39 is 0 Å². The van der Waals surface area contributed by atoms with Crippen LogP contribution < -0.4 is 5.32 Å². The fraction of sp³-hybridized carbons (Fsp3) is 0.0714. The molecule has 0 aromatic carbocycles. The monoisotopic (exact) mass is 289 g/mol. The van der Waals surface area contributed by atoms with Gasteiger partial charge in [0, 0.05) is 26.8 Å². The first-order chi connectivity index (χ1) is 9.33. The van der Waals surface area contributed by atoms with Crippen LogP contribution in [-0.2, 0) is 6.54 Å². The van der Waals surface area contributed by atoms with E-state index in [9.17, 15) is 4.79 Å². The number of thiophene rings is 2. The van der Waals surface area contributed by atoms with Gasteiger partial charge in [0.1, 0.15) is 5.76 Å². The van der Waals surface area contributed by atoms with Crippen LogP contribution in [0.4, 0.5) is 0 Å². The van der Waals surface area contributed by atoms with Crippen LogP contribution in [0.15, 0.2) is 51.1 Å². The maximum atomic E-state index is 11.8. The Morgan fingerprint density at radius 2 is 2.26 bits per heavy atom.